The molecular formula is C20H21Cl6O3P. The van der Waals surface area contributed by atoms with Crippen LogP contribution in [0.2, 0.25) is 30.1 Å². The summed E-state index contributed by atoms with van der Waals surface area (Å²) >= 11 is 36.7. The lowest BCUT2D eigenvalue weighted by Gasteiger charge is -2.22. The Bertz CT molecular complexity index is 812. The highest BCUT2D eigenvalue weighted by Gasteiger charge is 2.32. The predicted molar refractivity (Wildman–Crippen MR) is 130 cm³/mol. The van der Waals surface area contributed by atoms with Crippen LogP contribution in [0.3, 0.4) is 0 Å². The zero-order valence-corrected chi connectivity index (χ0v) is 21.6. The number of halogens is 6. The van der Waals surface area contributed by atoms with Crippen LogP contribution in [0, 0.1) is 0 Å². The highest BCUT2D eigenvalue weighted by molar-refractivity contribution is 7.54. The lowest BCUT2D eigenvalue weighted by atomic mass is 10.1. The van der Waals surface area contributed by atoms with Crippen molar-refractivity contribution in [2.75, 3.05) is 6.16 Å². The lowest BCUT2D eigenvalue weighted by molar-refractivity contribution is 0.383. The van der Waals surface area contributed by atoms with E-state index in [1.165, 1.54) is 24.3 Å². The van der Waals surface area contributed by atoms with Crippen LogP contribution in [0.15, 0.2) is 24.3 Å². The maximum Gasteiger partial charge on any atom is 0.430 e. The van der Waals surface area contributed by atoms with Gasteiger partial charge in [-0.15, -0.1) is 0 Å². The van der Waals surface area contributed by atoms with E-state index < -0.39 is 7.60 Å². The van der Waals surface area contributed by atoms with Gasteiger partial charge in [0, 0.05) is 10.0 Å². The Hall–Kier alpha value is 0.01000. The Labute approximate surface area is 207 Å². The van der Waals surface area contributed by atoms with Gasteiger partial charge < -0.3 is 9.05 Å². The molecule has 0 saturated heterocycles. The van der Waals surface area contributed by atoms with E-state index >= 15 is 0 Å². The minimum atomic E-state index is -3.78. The Morgan fingerprint density at radius 3 is 1.43 bits per heavy atom. The Morgan fingerprint density at radius 2 is 1.03 bits per heavy atom. The third-order valence-corrected chi connectivity index (χ3v) is 7.52. The van der Waals surface area contributed by atoms with Gasteiger partial charge in [-0.2, -0.15) is 0 Å². The number of benzene rings is 2. The third-order valence-electron chi connectivity index (χ3n) is 4.17. The molecule has 30 heavy (non-hydrogen) atoms. The summed E-state index contributed by atoms with van der Waals surface area (Å²) in [5.74, 6) is 0.0523. The molecule has 0 N–H and O–H groups in total. The molecule has 0 aliphatic heterocycles. The molecule has 0 heterocycles. The summed E-state index contributed by atoms with van der Waals surface area (Å²) in [5.41, 5.74) is 0. The molecule has 0 amide bonds. The van der Waals surface area contributed by atoms with Gasteiger partial charge in [-0.05, 0) is 30.7 Å². The molecule has 2 rings (SSSR count). The van der Waals surface area contributed by atoms with Gasteiger partial charge in [-0.3, -0.25) is 0 Å². The smallest absolute Gasteiger partial charge is 0.413 e. The maximum absolute atomic E-state index is 13.7. The normalized spacial score (nSPS) is 11.6. The van der Waals surface area contributed by atoms with Crippen molar-refractivity contribution < 1.29 is 13.6 Å². The second-order valence-electron chi connectivity index (χ2n) is 6.68. The van der Waals surface area contributed by atoms with Gasteiger partial charge in [0.05, 0.1) is 26.3 Å². The van der Waals surface area contributed by atoms with Crippen molar-refractivity contribution in [3.8, 4) is 11.5 Å². The quantitative estimate of drug-likeness (QED) is 0.205. The fourth-order valence-corrected chi connectivity index (χ4v) is 6.49. The van der Waals surface area contributed by atoms with E-state index in [0.717, 1.165) is 32.1 Å². The fraction of sp³-hybridized carbons (Fsp3) is 0.400. The van der Waals surface area contributed by atoms with Gasteiger partial charge in [0.1, 0.15) is 0 Å². The first kappa shape index (κ1) is 26.3. The minimum Gasteiger partial charge on any atom is -0.413 e. The molecule has 0 spiro atoms. The first-order chi connectivity index (χ1) is 14.1. The van der Waals surface area contributed by atoms with Gasteiger partial charge in [0.2, 0.25) is 0 Å². The summed E-state index contributed by atoms with van der Waals surface area (Å²) in [6, 6.07) is 5.78. The van der Waals surface area contributed by atoms with Gasteiger partial charge in [-0.25, -0.2) is 4.57 Å². The molecule has 0 bridgehead atoms. The minimum absolute atomic E-state index is 0.0262. The molecule has 3 nitrogen and oxygen atoms in total. The SMILES string of the molecule is CCCCCCCCP(=O)(Oc1c(Cl)cc(Cl)cc1Cl)Oc1c(Cl)cc(Cl)cc1Cl. The molecule has 0 aliphatic carbocycles. The second-order valence-corrected chi connectivity index (χ2v) is 11.2. The molecule has 10 heteroatoms. The average molecular weight is 553 g/mol. The van der Waals surface area contributed by atoms with Gasteiger partial charge in [-0.1, -0.05) is 109 Å². The molecule has 0 atom stereocenters. The van der Waals surface area contributed by atoms with Crippen molar-refractivity contribution in [1.29, 1.82) is 0 Å². The fourth-order valence-electron chi connectivity index (χ4n) is 2.71. The highest BCUT2D eigenvalue weighted by atomic mass is 35.5. The van der Waals surface area contributed by atoms with Crippen molar-refractivity contribution >= 4 is 77.2 Å². The molecule has 2 aromatic rings. The summed E-state index contributed by atoms with van der Waals surface area (Å²) in [7, 11) is -3.78. The van der Waals surface area contributed by atoms with Gasteiger partial charge in [0.25, 0.3) is 0 Å². The van der Waals surface area contributed by atoms with E-state index in [9.17, 15) is 4.57 Å². The van der Waals surface area contributed by atoms with Crippen molar-refractivity contribution in [1.82, 2.24) is 0 Å². The number of unbranched alkanes of at least 4 members (excludes halogenated alkanes) is 5. The van der Waals surface area contributed by atoms with E-state index in [-0.39, 0.29) is 37.8 Å². The summed E-state index contributed by atoms with van der Waals surface area (Å²) in [5, 5.41) is 1.13. The first-order valence-electron chi connectivity index (χ1n) is 9.42. The van der Waals surface area contributed by atoms with Crippen molar-refractivity contribution in [3.05, 3.63) is 54.4 Å². The van der Waals surface area contributed by atoms with Crippen LogP contribution in [0.5, 0.6) is 11.5 Å². The molecule has 0 aliphatic rings. The summed E-state index contributed by atoms with van der Waals surface area (Å²) in [6.45, 7) is 2.15. The van der Waals surface area contributed by atoms with E-state index in [0.29, 0.717) is 16.5 Å². The van der Waals surface area contributed by atoms with Crippen LogP contribution < -0.4 is 9.05 Å². The predicted octanol–water partition coefficient (Wildman–Crippen LogP) is 10.6. The second kappa shape index (κ2) is 12.3. The zero-order chi connectivity index (χ0) is 22.3. The highest BCUT2D eigenvalue weighted by Crippen LogP contribution is 2.55. The molecule has 2 aromatic carbocycles. The maximum atomic E-state index is 13.7. The monoisotopic (exact) mass is 550 g/mol. The van der Waals surface area contributed by atoms with Crippen LogP contribution in [-0.2, 0) is 4.57 Å². The Kier molecular flexibility index (Phi) is 10.8. The average Bonchev–Trinajstić information content (AvgIpc) is 2.64. The number of hydrogen-bond acceptors (Lipinski definition) is 3. The largest absolute Gasteiger partial charge is 0.430 e. The van der Waals surface area contributed by atoms with Crippen molar-refractivity contribution in [2.45, 2.75) is 45.4 Å². The molecule has 166 valence electrons. The van der Waals surface area contributed by atoms with Crippen molar-refractivity contribution in [2.24, 2.45) is 0 Å². The standard InChI is InChI=1S/C20H21Cl6O3P/c1-2-3-4-5-6-7-8-30(27,28-19-15(23)9-13(21)10-16(19)24)29-20-17(25)11-14(22)12-18(20)26/h9-12H,2-8H2,1H3. The van der Waals surface area contributed by atoms with Crippen LogP contribution in [-0.4, -0.2) is 6.16 Å². The lowest BCUT2D eigenvalue weighted by Crippen LogP contribution is -2.07. The summed E-state index contributed by atoms with van der Waals surface area (Å²) in [4.78, 5) is 0. The third kappa shape index (κ3) is 7.85. The number of rotatable bonds is 11. The molecule has 0 fully saturated rings. The summed E-state index contributed by atoms with van der Waals surface area (Å²) in [6.07, 6.45) is 6.07. The Morgan fingerprint density at radius 1 is 0.667 bits per heavy atom. The molecular weight excluding hydrogens is 532 g/mol. The van der Waals surface area contributed by atoms with Crippen LogP contribution in [0.25, 0.3) is 0 Å². The summed E-state index contributed by atoms with van der Waals surface area (Å²) < 4.78 is 25.2. The molecule has 0 radical (unpaired) electrons. The molecule has 0 saturated carbocycles. The molecule has 0 unspecified atom stereocenters. The molecule has 0 aromatic heterocycles. The van der Waals surface area contributed by atoms with Crippen LogP contribution in [0.1, 0.15) is 45.4 Å². The first-order valence-corrected chi connectivity index (χ1v) is 13.4. The Balaban J connectivity index is 2.27. The van der Waals surface area contributed by atoms with Crippen LogP contribution >= 0.6 is 77.2 Å². The zero-order valence-electron chi connectivity index (χ0n) is 16.2. The van der Waals surface area contributed by atoms with E-state index in [4.69, 9.17) is 78.7 Å². The van der Waals surface area contributed by atoms with E-state index in [1.54, 1.807) is 0 Å². The van der Waals surface area contributed by atoms with E-state index in [2.05, 4.69) is 6.92 Å². The van der Waals surface area contributed by atoms with Crippen molar-refractivity contribution in [3.63, 3.8) is 0 Å². The van der Waals surface area contributed by atoms with Gasteiger partial charge >= 0.3 is 7.60 Å². The topological polar surface area (TPSA) is 35.5 Å². The van der Waals surface area contributed by atoms with Gasteiger partial charge in [0.15, 0.2) is 11.5 Å². The van der Waals surface area contributed by atoms with E-state index in [1.807, 2.05) is 0 Å². The number of hydrogen-bond donors (Lipinski definition) is 0. The van der Waals surface area contributed by atoms with Crippen LogP contribution in [0.4, 0.5) is 0 Å².